The van der Waals surface area contributed by atoms with Crippen LogP contribution in [-0.4, -0.2) is 59.7 Å². The van der Waals surface area contributed by atoms with Crippen LogP contribution in [0.15, 0.2) is 0 Å². The number of likely N-dealkylation sites (tertiary alicyclic amines) is 1. The third-order valence-corrected chi connectivity index (χ3v) is 3.51. The molecule has 0 aromatic rings. The second-order valence-corrected chi connectivity index (χ2v) is 5.57. The van der Waals surface area contributed by atoms with Gasteiger partial charge in [-0.25, -0.2) is 0 Å². The summed E-state index contributed by atoms with van der Waals surface area (Å²) in [5.41, 5.74) is 0. The highest BCUT2D eigenvalue weighted by Gasteiger charge is 2.41. The molecule has 0 aromatic carbocycles. The molecular weight excluding hydrogens is 276 g/mol. The summed E-state index contributed by atoms with van der Waals surface area (Å²) in [7, 11) is 0. The second-order valence-electron chi connectivity index (χ2n) is 5.57. The number of rotatable bonds is 3. The minimum atomic E-state index is -1.24. The summed E-state index contributed by atoms with van der Waals surface area (Å²) >= 11 is 0. The van der Waals surface area contributed by atoms with Crippen molar-refractivity contribution < 1.29 is 19.2 Å². The maximum atomic E-state index is 12.4. The SMILES string of the molecule is CC(C)NC(=O)[C@H]1CCCN1C(=O)[C@H]1NC(=O)CNC1=O. The number of piperazine rings is 1. The second kappa shape index (κ2) is 6.11. The van der Waals surface area contributed by atoms with Gasteiger partial charge in [0, 0.05) is 12.6 Å². The fourth-order valence-corrected chi connectivity index (χ4v) is 2.57. The summed E-state index contributed by atoms with van der Waals surface area (Å²) < 4.78 is 0. The number of nitrogens with zero attached hydrogens (tertiary/aromatic N) is 1. The minimum absolute atomic E-state index is 0.0206. The lowest BCUT2D eigenvalue weighted by Gasteiger charge is -2.30. The molecule has 0 aliphatic carbocycles. The molecule has 0 radical (unpaired) electrons. The zero-order valence-corrected chi connectivity index (χ0v) is 12.1. The summed E-state index contributed by atoms with van der Waals surface area (Å²) in [4.78, 5) is 49.0. The summed E-state index contributed by atoms with van der Waals surface area (Å²) in [6.07, 6.45) is 1.26. The summed E-state index contributed by atoms with van der Waals surface area (Å²) in [5, 5.41) is 7.50. The average molecular weight is 296 g/mol. The van der Waals surface area contributed by atoms with Crippen molar-refractivity contribution in [1.82, 2.24) is 20.9 Å². The van der Waals surface area contributed by atoms with E-state index in [2.05, 4.69) is 16.0 Å². The largest absolute Gasteiger partial charge is 0.352 e. The minimum Gasteiger partial charge on any atom is -0.352 e. The molecule has 0 spiro atoms. The van der Waals surface area contributed by atoms with E-state index in [-0.39, 0.29) is 18.5 Å². The quantitative estimate of drug-likeness (QED) is 0.530. The number of nitrogens with one attached hydrogen (secondary N) is 3. The van der Waals surface area contributed by atoms with Crippen molar-refractivity contribution >= 4 is 23.6 Å². The van der Waals surface area contributed by atoms with Gasteiger partial charge in [-0.1, -0.05) is 0 Å². The highest BCUT2D eigenvalue weighted by atomic mass is 16.2. The van der Waals surface area contributed by atoms with E-state index in [1.54, 1.807) is 0 Å². The van der Waals surface area contributed by atoms with Crippen molar-refractivity contribution in [2.75, 3.05) is 13.1 Å². The molecule has 0 bridgehead atoms. The van der Waals surface area contributed by atoms with E-state index in [1.165, 1.54) is 4.90 Å². The fourth-order valence-electron chi connectivity index (χ4n) is 2.57. The van der Waals surface area contributed by atoms with Crippen LogP contribution in [-0.2, 0) is 19.2 Å². The molecule has 21 heavy (non-hydrogen) atoms. The van der Waals surface area contributed by atoms with Crippen molar-refractivity contribution in [3.05, 3.63) is 0 Å². The molecule has 2 saturated heterocycles. The van der Waals surface area contributed by atoms with Crippen molar-refractivity contribution in [1.29, 1.82) is 0 Å². The van der Waals surface area contributed by atoms with Crippen LogP contribution in [0.4, 0.5) is 0 Å². The summed E-state index contributed by atoms with van der Waals surface area (Å²) in [6, 6.07) is -1.84. The lowest BCUT2D eigenvalue weighted by molar-refractivity contribution is -0.147. The van der Waals surface area contributed by atoms with Crippen LogP contribution < -0.4 is 16.0 Å². The molecule has 2 heterocycles. The molecule has 116 valence electrons. The third-order valence-electron chi connectivity index (χ3n) is 3.51. The zero-order chi connectivity index (χ0) is 15.6. The molecule has 8 nitrogen and oxygen atoms in total. The lowest BCUT2D eigenvalue weighted by atomic mass is 10.1. The van der Waals surface area contributed by atoms with Gasteiger partial charge in [0.2, 0.25) is 11.8 Å². The Hall–Kier alpha value is -2.12. The van der Waals surface area contributed by atoms with Gasteiger partial charge >= 0.3 is 0 Å². The zero-order valence-electron chi connectivity index (χ0n) is 12.1. The molecule has 3 N–H and O–H groups in total. The third kappa shape index (κ3) is 3.32. The smallest absolute Gasteiger partial charge is 0.255 e. The van der Waals surface area contributed by atoms with E-state index in [4.69, 9.17) is 0 Å². The number of hydrogen-bond acceptors (Lipinski definition) is 4. The molecule has 2 atom stereocenters. The predicted octanol–water partition coefficient (Wildman–Crippen LogP) is -1.88. The monoisotopic (exact) mass is 296 g/mol. The normalized spacial score (nSPS) is 25.6. The number of carbonyl (C=O) groups excluding carboxylic acids is 4. The van der Waals surface area contributed by atoms with Gasteiger partial charge in [0.05, 0.1) is 6.54 Å². The van der Waals surface area contributed by atoms with Crippen LogP contribution in [0.3, 0.4) is 0 Å². The van der Waals surface area contributed by atoms with E-state index in [0.717, 1.165) is 0 Å². The van der Waals surface area contributed by atoms with Gasteiger partial charge < -0.3 is 20.9 Å². The Morgan fingerprint density at radius 3 is 2.71 bits per heavy atom. The van der Waals surface area contributed by atoms with Crippen LogP contribution in [0, 0.1) is 0 Å². The Morgan fingerprint density at radius 2 is 2.05 bits per heavy atom. The molecule has 2 fully saturated rings. The lowest BCUT2D eigenvalue weighted by Crippen LogP contribution is -2.63. The standard InChI is InChI=1S/C13H20N4O4/c1-7(2)15-11(19)8-4-3-5-17(8)13(21)10-12(20)14-6-9(18)16-10/h7-8,10H,3-6H2,1-2H3,(H,14,20)(H,15,19)(H,16,18)/t8-,10+/m1/s1. The van der Waals surface area contributed by atoms with E-state index in [1.807, 2.05) is 13.8 Å². The Labute approximate surface area is 122 Å². The van der Waals surface area contributed by atoms with Crippen LogP contribution in [0.2, 0.25) is 0 Å². The summed E-state index contributed by atoms with van der Waals surface area (Å²) in [5.74, 6) is -1.69. The van der Waals surface area contributed by atoms with Crippen LogP contribution in [0.25, 0.3) is 0 Å². The Kier molecular flexibility index (Phi) is 4.44. The number of carbonyl (C=O) groups is 4. The van der Waals surface area contributed by atoms with Crippen LogP contribution >= 0.6 is 0 Å². The van der Waals surface area contributed by atoms with E-state index < -0.39 is 29.8 Å². The fraction of sp³-hybridized carbons (Fsp3) is 0.692. The Bertz CT molecular complexity index is 477. The first-order valence-corrected chi connectivity index (χ1v) is 7.08. The molecule has 2 aliphatic heterocycles. The molecular formula is C13H20N4O4. The molecule has 4 amide bonds. The van der Waals surface area contributed by atoms with Gasteiger partial charge in [-0.2, -0.15) is 0 Å². The van der Waals surface area contributed by atoms with Crippen molar-refractivity contribution in [2.45, 2.75) is 44.8 Å². The maximum absolute atomic E-state index is 12.4. The molecule has 0 unspecified atom stereocenters. The highest BCUT2D eigenvalue weighted by molar-refractivity contribution is 6.10. The van der Waals surface area contributed by atoms with Gasteiger partial charge in [-0.3, -0.25) is 19.2 Å². The van der Waals surface area contributed by atoms with Crippen molar-refractivity contribution in [2.24, 2.45) is 0 Å². The Morgan fingerprint density at radius 1 is 1.33 bits per heavy atom. The number of amides is 4. The highest BCUT2D eigenvalue weighted by Crippen LogP contribution is 2.19. The molecule has 0 aromatic heterocycles. The number of hydrogen-bond donors (Lipinski definition) is 3. The first kappa shape index (κ1) is 15.3. The maximum Gasteiger partial charge on any atom is 0.255 e. The van der Waals surface area contributed by atoms with Gasteiger partial charge in [0.15, 0.2) is 6.04 Å². The molecule has 2 rings (SSSR count). The summed E-state index contributed by atoms with van der Waals surface area (Å²) in [6.45, 7) is 3.97. The van der Waals surface area contributed by atoms with Gasteiger partial charge in [0.25, 0.3) is 11.8 Å². The van der Waals surface area contributed by atoms with Gasteiger partial charge in [-0.15, -0.1) is 0 Å². The molecule has 0 saturated carbocycles. The van der Waals surface area contributed by atoms with E-state index in [0.29, 0.717) is 19.4 Å². The molecule has 2 aliphatic rings. The first-order chi connectivity index (χ1) is 9.90. The van der Waals surface area contributed by atoms with Gasteiger partial charge in [0.1, 0.15) is 6.04 Å². The van der Waals surface area contributed by atoms with Crippen molar-refractivity contribution in [3.8, 4) is 0 Å². The van der Waals surface area contributed by atoms with Crippen LogP contribution in [0.1, 0.15) is 26.7 Å². The molecule has 8 heteroatoms. The van der Waals surface area contributed by atoms with E-state index >= 15 is 0 Å². The van der Waals surface area contributed by atoms with Crippen molar-refractivity contribution in [3.63, 3.8) is 0 Å². The van der Waals surface area contributed by atoms with Gasteiger partial charge in [-0.05, 0) is 26.7 Å². The topological polar surface area (TPSA) is 108 Å². The van der Waals surface area contributed by atoms with Crippen LogP contribution in [0.5, 0.6) is 0 Å². The Balaban J connectivity index is 2.08. The average Bonchev–Trinajstić information content (AvgIpc) is 2.89. The van der Waals surface area contributed by atoms with E-state index in [9.17, 15) is 19.2 Å². The first-order valence-electron chi connectivity index (χ1n) is 7.08. The predicted molar refractivity (Wildman–Crippen MR) is 73.0 cm³/mol.